The smallest absolute Gasteiger partial charge is 0.306 e. The summed E-state index contributed by atoms with van der Waals surface area (Å²) in [5.74, 6) is -2.22. The van der Waals surface area contributed by atoms with Gasteiger partial charge in [0.25, 0.3) is 0 Å². The third-order valence-corrected chi connectivity index (χ3v) is 3.80. The highest BCUT2D eigenvalue weighted by molar-refractivity contribution is 5.75. The minimum Gasteiger partial charge on any atom is -0.481 e. The standard InChI is InChI=1S/C10H14O4/c11-9(12)6-3-1-5-2-4-7(8(5)6)10(13)14/h5-8H,1-4H2,(H,11,12)(H,13,14)/t5?,6-,7-,8?/m0/s1. The minimum absolute atomic E-state index is 0.106. The summed E-state index contributed by atoms with van der Waals surface area (Å²) in [6.45, 7) is 0. The zero-order chi connectivity index (χ0) is 10.3. The lowest BCUT2D eigenvalue weighted by Gasteiger charge is -2.19. The van der Waals surface area contributed by atoms with Crippen molar-refractivity contribution in [2.45, 2.75) is 25.7 Å². The molecule has 78 valence electrons. The Kier molecular flexibility index (Phi) is 2.21. The maximum Gasteiger partial charge on any atom is 0.306 e. The van der Waals surface area contributed by atoms with Gasteiger partial charge in [-0.15, -0.1) is 0 Å². The van der Waals surface area contributed by atoms with Gasteiger partial charge in [-0.3, -0.25) is 9.59 Å². The fourth-order valence-electron chi connectivity index (χ4n) is 3.22. The van der Waals surface area contributed by atoms with Crippen molar-refractivity contribution in [2.24, 2.45) is 23.7 Å². The molecule has 2 aliphatic rings. The van der Waals surface area contributed by atoms with Crippen LogP contribution < -0.4 is 0 Å². The second kappa shape index (κ2) is 3.26. The van der Waals surface area contributed by atoms with Gasteiger partial charge in [-0.05, 0) is 37.5 Å². The molecule has 0 amide bonds. The Labute approximate surface area is 81.9 Å². The summed E-state index contributed by atoms with van der Waals surface area (Å²) in [7, 11) is 0. The fourth-order valence-corrected chi connectivity index (χ4v) is 3.22. The first-order chi connectivity index (χ1) is 6.61. The molecule has 2 saturated carbocycles. The summed E-state index contributed by atoms with van der Waals surface area (Å²) >= 11 is 0. The quantitative estimate of drug-likeness (QED) is 0.699. The van der Waals surface area contributed by atoms with E-state index in [1.807, 2.05) is 0 Å². The van der Waals surface area contributed by atoms with E-state index in [1.165, 1.54) is 0 Å². The minimum atomic E-state index is -0.814. The van der Waals surface area contributed by atoms with Crippen molar-refractivity contribution in [3.8, 4) is 0 Å². The Bertz CT molecular complexity index is 247. The molecule has 0 heterocycles. The van der Waals surface area contributed by atoms with Crippen LogP contribution in [0.5, 0.6) is 0 Å². The molecule has 14 heavy (non-hydrogen) atoms. The number of carboxylic acids is 2. The molecule has 0 aliphatic heterocycles. The van der Waals surface area contributed by atoms with E-state index in [1.54, 1.807) is 0 Å². The lowest BCUT2D eigenvalue weighted by atomic mass is 9.85. The average Bonchev–Trinajstić information content (AvgIpc) is 2.59. The van der Waals surface area contributed by atoms with Crippen molar-refractivity contribution in [3.05, 3.63) is 0 Å². The monoisotopic (exact) mass is 198 g/mol. The van der Waals surface area contributed by atoms with Crippen LogP contribution >= 0.6 is 0 Å². The van der Waals surface area contributed by atoms with Crippen molar-refractivity contribution >= 4 is 11.9 Å². The van der Waals surface area contributed by atoms with Gasteiger partial charge in [0, 0.05) is 0 Å². The summed E-state index contributed by atoms with van der Waals surface area (Å²) in [5, 5.41) is 17.9. The third-order valence-electron chi connectivity index (χ3n) is 3.80. The van der Waals surface area contributed by atoms with Crippen LogP contribution in [0.3, 0.4) is 0 Å². The topological polar surface area (TPSA) is 74.6 Å². The Morgan fingerprint density at radius 1 is 0.857 bits per heavy atom. The van der Waals surface area contributed by atoms with E-state index in [-0.39, 0.29) is 5.92 Å². The van der Waals surface area contributed by atoms with Crippen LogP contribution in [0.4, 0.5) is 0 Å². The summed E-state index contributed by atoms with van der Waals surface area (Å²) in [6.07, 6.45) is 3.11. The second-order valence-corrected chi connectivity index (χ2v) is 4.38. The Balaban J connectivity index is 2.19. The largest absolute Gasteiger partial charge is 0.481 e. The molecule has 0 aromatic rings. The molecule has 2 rings (SSSR count). The van der Waals surface area contributed by atoms with E-state index in [4.69, 9.17) is 10.2 Å². The number of aliphatic carboxylic acids is 2. The number of carbonyl (C=O) groups is 2. The van der Waals surface area contributed by atoms with Crippen molar-refractivity contribution in [3.63, 3.8) is 0 Å². The number of hydrogen-bond donors (Lipinski definition) is 2. The Morgan fingerprint density at radius 2 is 1.29 bits per heavy atom. The van der Waals surface area contributed by atoms with E-state index in [0.29, 0.717) is 18.8 Å². The average molecular weight is 198 g/mol. The molecular weight excluding hydrogens is 184 g/mol. The Morgan fingerprint density at radius 3 is 1.64 bits per heavy atom. The Hall–Kier alpha value is -1.06. The van der Waals surface area contributed by atoms with E-state index < -0.39 is 23.8 Å². The highest BCUT2D eigenvalue weighted by Crippen LogP contribution is 2.50. The molecule has 0 bridgehead atoms. The molecule has 4 nitrogen and oxygen atoms in total. The second-order valence-electron chi connectivity index (χ2n) is 4.38. The summed E-state index contributed by atoms with van der Waals surface area (Å²) in [6, 6.07) is 0. The van der Waals surface area contributed by atoms with E-state index in [9.17, 15) is 9.59 Å². The van der Waals surface area contributed by atoms with Crippen LogP contribution in [0.15, 0.2) is 0 Å². The molecule has 0 aromatic heterocycles. The SMILES string of the molecule is O=C(O)[C@H]1CCC2CC[C@H](C(=O)O)C21. The molecule has 0 spiro atoms. The number of fused-ring (bicyclic) bond motifs is 1. The van der Waals surface area contributed by atoms with Gasteiger partial charge in [0.05, 0.1) is 11.8 Å². The third kappa shape index (κ3) is 1.29. The normalized spacial score (nSPS) is 40.9. The molecule has 2 N–H and O–H groups in total. The van der Waals surface area contributed by atoms with Crippen LogP contribution in [-0.4, -0.2) is 22.2 Å². The first-order valence-electron chi connectivity index (χ1n) is 5.07. The van der Waals surface area contributed by atoms with Gasteiger partial charge in [-0.1, -0.05) is 0 Å². The highest BCUT2D eigenvalue weighted by atomic mass is 16.4. The van der Waals surface area contributed by atoms with Gasteiger partial charge >= 0.3 is 11.9 Å². The molecule has 2 atom stereocenters. The van der Waals surface area contributed by atoms with Crippen LogP contribution in [0.1, 0.15) is 25.7 Å². The molecule has 2 aliphatic carbocycles. The summed E-state index contributed by atoms with van der Waals surface area (Å²) < 4.78 is 0. The van der Waals surface area contributed by atoms with Crippen molar-refractivity contribution in [1.29, 1.82) is 0 Å². The molecule has 2 fully saturated rings. The molecule has 0 unspecified atom stereocenters. The first kappa shape index (κ1) is 9.49. The molecule has 0 aromatic carbocycles. The highest BCUT2D eigenvalue weighted by Gasteiger charge is 2.50. The van der Waals surface area contributed by atoms with E-state index in [0.717, 1.165) is 12.8 Å². The lowest BCUT2D eigenvalue weighted by Crippen LogP contribution is -2.28. The van der Waals surface area contributed by atoms with Crippen molar-refractivity contribution in [1.82, 2.24) is 0 Å². The predicted molar refractivity (Wildman–Crippen MR) is 47.7 cm³/mol. The van der Waals surface area contributed by atoms with Crippen LogP contribution in [0, 0.1) is 23.7 Å². The maximum atomic E-state index is 10.9. The van der Waals surface area contributed by atoms with Gasteiger partial charge in [0.2, 0.25) is 0 Å². The molecular formula is C10H14O4. The lowest BCUT2D eigenvalue weighted by molar-refractivity contribution is -0.147. The van der Waals surface area contributed by atoms with Gasteiger partial charge in [0.15, 0.2) is 0 Å². The predicted octanol–water partition coefficient (Wildman–Crippen LogP) is 1.21. The van der Waals surface area contributed by atoms with Gasteiger partial charge in [-0.2, -0.15) is 0 Å². The zero-order valence-electron chi connectivity index (χ0n) is 7.85. The van der Waals surface area contributed by atoms with Crippen molar-refractivity contribution < 1.29 is 19.8 Å². The van der Waals surface area contributed by atoms with Gasteiger partial charge < -0.3 is 10.2 Å². The van der Waals surface area contributed by atoms with Crippen LogP contribution in [-0.2, 0) is 9.59 Å². The summed E-state index contributed by atoms with van der Waals surface area (Å²) in [5.41, 5.74) is 0. The molecule has 4 heteroatoms. The number of hydrogen-bond acceptors (Lipinski definition) is 2. The molecule has 0 radical (unpaired) electrons. The first-order valence-corrected chi connectivity index (χ1v) is 5.07. The van der Waals surface area contributed by atoms with Gasteiger partial charge in [0.1, 0.15) is 0 Å². The molecule has 0 saturated heterocycles. The van der Waals surface area contributed by atoms with E-state index in [2.05, 4.69) is 0 Å². The van der Waals surface area contributed by atoms with Crippen LogP contribution in [0.2, 0.25) is 0 Å². The fraction of sp³-hybridized carbons (Fsp3) is 0.800. The zero-order valence-corrected chi connectivity index (χ0v) is 7.85. The van der Waals surface area contributed by atoms with E-state index >= 15 is 0 Å². The van der Waals surface area contributed by atoms with Crippen molar-refractivity contribution in [2.75, 3.05) is 0 Å². The van der Waals surface area contributed by atoms with Gasteiger partial charge in [-0.25, -0.2) is 0 Å². The maximum absolute atomic E-state index is 10.9. The number of rotatable bonds is 2. The summed E-state index contributed by atoms with van der Waals surface area (Å²) in [4.78, 5) is 21.8. The van der Waals surface area contributed by atoms with Crippen LogP contribution in [0.25, 0.3) is 0 Å². The number of carboxylic acid groups (broad SMARTS) is 2.